The smallest absolute Gasteiger partial charge is 0.254 e. The second kappa shape index (κ2) is 6.48. The fraction of sp³-hybridized carbons (Fsp3) is 0.400. The third-order valence-corrected chi connectivity index (χ3v) is 4.38. The summed E-state index contributed by atoms with van der Waals surface area (Å²) in [5, 5.41) is 7.12. The minimum atomic E-state index is -0.0694. The number of carbonyl (C=O) groups excluding carboxylic acids is 1. The van der Waals surface area contributed by atoms with Gasteiger partial charge in [0.2, 0.25) is 0 Å². The van der Waals surface area contributed by atoms with Crippen molar-refractivity contribution < 1.29 is 4.79 Å². The molecule has 0 saturated carbocycles. The summed E-state index contributed by atoms with van der Waals surface area (Å²) >= 11 is 3.54. The van der Waals surface area contributed by atoms with Crippen molar-refractivity contribution in [3.63, 3.8) is 0 Å². The molecule has 1 atom stereocenters. The zero-order chi connectivity index (χ0) is 15.5. The van der Waals surface area contributed by atoms with Crippen LogP contribution in [0.3, 0.4) is 0 Å². The van der Waals surface area contributed by atoms with Crippen molar-refractivity contribution in [2.75, 3.05) is 18.0 Å². The van der Waals surface area contributed by atoms with Gasteiger partial charge in [0.1, 0.15) is 5.82 Å². The number of aromatic nitrogens is 3. The number of nitrogens with one attached hydrogen (secondary N) is 1. The molecular formula is C15H18BrN5O. The molecule has 1 fully saturated rings. The lowest BCUT2D eigenvalue weighted by molar-refractivity contribution is 0.0933. The molecule has 22 heavy (non-hydrogen) atoms. The maximum atomic E-state index is 12.2. The first-order valence-corrected chi connectivity index (χ1v) is 8.08. The molecule has 0 aliphatic carbocycles. The fourth-order valence-electron chi connectivity index (χ4n) is 2.70. The van der Waals surface area contributed by atoms with E-state index in [1.54, 1.807) is 30.3 Å². The van der Waals surface area contributed by atoms with Gasteiger partial charge in [-0.1, -0.05) is 0 Å². The number of anilines is 1. The minimum Gasteiger partial charge on any atom is -0.354 e. The Bertz CT molecular complexity index is 671. The van der Waals surface area contributed by atoms with E-state index in [0.29, 0.717) is 5.56 Å². The number of piperidine rings is 1. The molecule has 0 aromatic carbocycles. The maximum absolute atomic E-state index is 12.2. The molecule has 1 aliphatic rings. The normalized spacial score (nSPS) is 18.3. The van der Waals surface area contributed by atoms with Crippen LogP contribution in [0.2, 0.25) is 0 Å². The van der Waals surface area contributed by atoms with E-state index in [0.717, 1.165) is 36.2 Å². The molecule has 1 saturated heterocycles. The van der Waals surface area contributed by atoms with Crippen molar-refractivity contribution >= 4 is 27.7 Å². The number of halogens is 1. The van der Waals surface area contributed by atoms with Crippen molar-refractivity contribution in [2.45, 2.75) is 18.9 Å². The van der Waals surface area contributed by atoms with Gasteiger partial charge >= 0.3 is 0 Å². The number of carbonyl (C=O) groups is 1. The summed E-state index contributed by atoms with van der Waals surface area (Å²) in [6.07, 6.45) is 7.11. The third kappa shape index (κ3) is 3.30. The SMILES string of the molecule is Cn1cc(C(=O)NC2CCCN(c3ncccc3Br)C2)cn1. The molecule has 3 rings (SSSR count). The molecule has 1 aliphatic heterocycles. The largest absolute Gasteiger partial charge is 0.354 e. The van der Waals surface area contributed by atoms with Crippen molar-refractivity contribution in [1.82, 2.24) is 20.1 Å². The average Bonchev–Trinajstić information content (AvgIpc) is 2.95. The van der Waals surface area contributed by atoms with Crippen LogP contribution < -0.4 is 10.2 Å². The van der Waals surface area contributed by atoms with Gasteiger partial charge in [-0.05, 0) is 40.9 Å². The Kier molecular flexibility index (Phi) is 4.42. The average molecular weight is 364 g/mol. The molecular weight excluding hydrogens is 346 g/mol. The molecule has 2 aromatic rings. The van der Waals surface area contributed by atoms with E-state index in [2.05, 4.69) is 36.2 Å². The molecule has 6 nitrogen and oxygen atoms in total. The summed E-state index contributed by atoms with van der Waals surface area (Å²) in [5.41, 5.74) is 0.596. The second-order valence-electron chi connectivity index (χ2n) is 5.47. The van der Waals surface area contributed by atoms with E-state index in [4.69, 9.17) is 0 Å². The summed E-state index contributed by atoms with van der Waals surface area (Å²) in [7, 11) is 1.80. The van der Waals surface area contributed by atoms with E-state index in [9.17, 15) is 4.79 Å². The Balaban J connectivity index is 1.66. The quantitative estimate of drug-likeness (QED) is 0.905. The highest BCUT2D eigenvalue weighted by Crippen LogP contribution is 2.25. The Morgan fingerprint density at radius 3 is 3.09 bits per heavy atom. The maximum Gasteiger partial charge on any atom is 0.254 e. The highest BCUT2D eigenvalue weighted by Gasteiger charge is 2.24. The summed E-state index contributed by atoms with van der Waals surface area (Å²) in [4.78, 5) is 18.9. The van der Waals surface area contributed by atoms with Gasteiger partial charge in [-0.25, -0.2) is 4.98 Å². The van der Waals surface area contributed by atoms with Crippen LogP contribution in [0.15, 0.2) is 35.2 Å². The van der Waals surface area contributed by atoms with Crippen LogP contribution in [0.25, 0.3) is 0 Å². The Morgan fingerprint density at radius 2 is 2.36 bits per heavy atom. The number of pyridine rings is 1. The summed E-state index contributed by atoms with van der Waals surface area (Å²) in [5.74, 6) is 0.864. The number of rotatable bonds is 3. The van der Waals surface area contributed by atoms with Crippen LogP contribution in [0, 0.1) is 0 Å². The van der Waals surface area contributed by atoms with Gasteiger partial charge in [-0.3, -0.25) is 9.48 Å². The molecule has 1 unspecified atom stereocenters. The van der Waals surface area contributed by atoms with E-state index in [-0.39, 0.29) is 11.9 Å². The number of hydrogen-bond donors (Lipinski definition) is 1. The zero-order valence-corrected chi connectivity index (χ0v) is 14.0. The van der Waals surface area contributed by atoms with Gasteiger partial charge in [-0.2, -0.15) is 5.10 Å². The second-order valence-corrected chi connectivity index (χ2v) is 6.32. The van der Waals surface area contributed by atoms with Crippen molar-refractivity contribution in [3.8, 4) is 0 Å². The number of amides is 1. The summed E-state index contributed by atoms with van der Waals surface area (Å²) in [6, 6.07) is 4.01. The number of aryl methyl sites for hydroxylation is 1. The van der Waals surface area contributed by atoms with Gasteiger partial charge in [0.15, 0.2) is 0 Å². The highest BCUT2D eigenvalue weighted by atomic mass is 79.9. The first-order valence-electron chi connectivity index (χ1n) is 7.28. The predicted molar refractivity (Wildman–Crippen MR) is 87.8 cm³/mol. The van der Waals surface area contributed by atoms with Gasteiger partial charge in [0.25, 0.3) is 5.91 Å². The summed E-state index contributed by atoms with van der Waals surface area (Å²) in [6.45, 7) is 1.72. The molecule has 2 aromatic heterocycles. The van der Waals surface area contributed by atoms with Gasteiger partial charge in [0, 0.05) is 38.6 Å². The lowest BCUT2D eigenvalue weighted by atomic mass is 10.1. The van der Waals surface area contributed by atoms with Gasteiger partial charge in [0.05, 0.1) is 16.2 Å². The van der Waals surface area contributed by atoms with E-state index in [1.165, 1.54) is 0 Å². The standard InChI is InChI=1S/C15H18BrN5O/c1-20-9-11(8-18-20)15(22)19-12-4-3-7-21(10-12)14-13(16)5-2-6-17-14/h2,5-6,8-9,12H,3-4,7,10H2,1H3,(H,19,22). The van der Waals surface area contributed by atoms with Crippen LogP contribution in [-0.2, 0) is 7.05 Å². The van der Waals surface area contributed by atoms with E-state index in [1.807, 2.05) is 12.1 Å². The van der Waals surface area contributed by atoms with Crippen molar-refractivity contribution in [3.05, 3.63) is 40.8 Å². The Hall–Kier alpha value is -1.89. The summed E-state index contributed by atoms with van der Waals surface area (Å²) < 4.78 is 2.61. The molecule has 0 radical (unpaired) electrons. The molecule has 1 N–H and O–H groups in total. The molecule has 0 spiro atoms. The van der Waals surface area contributed by atoms with Crippen LogP contribution >= 0.6 is 15.9 Å². The monoisotopic (exact) mass is 363 g/mol. The predicted octanol–water partition coefficient (Wildman–Crippen LogP) is 1.98. The topological polar surface area (TPSA) is 63.1 Å². The van der Waals surface area contributed by atoms with Crippen LogP contribution in [0.4, 0.5) is 5.82 Å². The van der Waals surface area contributed by atoms with E-state index < -0.39 is 0 Å². The minimum absolute atomic E-state index is 0.0694. The highest BCUT2D eigenvalue weighted by molar-refractivity contribution is 9.10. The van der Waals surface area contributed by atoms with Crippen LogP contribution in [0.5, 0.6) is 0 Å². The first kappa shape index (κ1) is 15.0. The fourth-order valence-corrected chi connectivity index (χ4v) is 3.21. The number of nitrogens with zero attached hydrogens (tertiary/aromatic N) is 4. The van der Waals surface area contributed by atoms with Crippen molar-refractivity contribution in [1.29, 1.82) is 0 Å². The lowest BCUT2D eigenvalue weighted by Crippen LogP contribution is -2.48. The van der Waals surface area contributed by atoms with Crippen LogP contribution in [0.1, 0.15) is 23.2 Å². The van der Waals surface area contributed by atoms with E-state index >= 15 is 0 Å². The zero-order valence-electron chi connectivity index (χ0n) is 12.4. The van der Waals surface area contributed by atoms with Crippen LogP contribution in [-0.4, -0.2) is 39.8 Å². The number of hydrogen-bond acceptors (Lipinski definition) is 4. The third-order valence-electron chi connectivity index (χ3n) is 3.76. The molecule has 7 heteroatoms. The molecule has 116 valence electrons. The molecule has 1 amide bonds. The lowest BCUT2D eigenvalue weighted by Gasteiger charge is -2.34. The Labute approximate surface area is 137 Å². The molecule has 3 heterocycles. The van der Waals surface area contributed by atoms with Crippen molar-refractivity contribution in [2.24, 2.45) is 7.05 Å². The first-order chi connectivity index (χ1) is 10.6. The molecule has 0 bridgehead atoms. The van der Waals surface area contributed by atoms with Gasteiger partial charge in [-0.15, -0.1) is 0 Å². The van der Waals surface area contributed by atoms with Gasteiger partial charge < -0.3 is 10.2 Å². The Morgan fingerprint density at radius 1 is 1.50 bits per heavy atom.